The van der Waals surface area contributed by atoms with Crippen LogP contribution in [0.4, 0.5) is 0 Å². The lowest BCUT2D eigenvalue weighted by Gasteiger charge is -2.26. The molecule has 0 amide bonds. The molecule has 0 aliphatic heterocycles. The van der Waals surface area contributed by atoms with Crippen molar-refractivity contribution in [1.82, 2.24) is 0 Å². The van der Waals surface area contributed by atoms with E-state index in [1.165, 1.54) is 0 Å². The van der Waals surface area contributed by atoms with Crippen LogP contribution in [0, 0.1) is 68.5 Å². The molecule has 17 heavy (non-hydrogen) atoms. The molecule has 83 valence electrons. The number of nitriles is 4. The minimum atomic E-state index is -1.60. The van der Waals surface area contributed by atoms with E-state index in [-0.39, 0.29) is 6.42 Å². The molecule has 4 heteroatoms. The smallest absolute Gasteiger partial charge is 0.181 e. The van der Waals surface area contributed by atoms with Gasteiger partial charge in [0.05, 0.1) is 24.3 Å². The summed E-state index contributed by atoms with van der Waals surface area (Å²) >= 11 is 0. The molecule has 1 aliphatic carbocycles. The van der Waals surface area contributed by atoms with Gasteiger partial charge in [0, 0.05) is 5.92 Å². The first kappa shape index (κ1) is 12.8. The molecule has 1 rings (SSSR count). The van der Waals surface area contributed by atoms with Gasteiger partial charge in [-0.15, -0.1) is 0 Å². The number of allylic oxidation sites excluding steroid dienone is 2. The highest BCUT2D eigenvalue weighted by Crippen LogP contribution is 2.55. The highest BCUT2D eigenvalue weighted by Gasteiger charge is 2.63. The zero-order valence-corrected chi connectivity index (χ0v) is 9.73. The number of rotatable bonds is 1. The highest BCUT2D eigenvalue weighted by atomic mass is 14.6. The number of hydrogen-bond donors (Lipinski definition) is 0. The molecular weight excluding hydrogens is 212 g/mol. The molecule has 0 spiro atoms. The van der Waals surface area contributed by atoms with Crippen molar-refractivity contribution >= 4 is 0 Å². The fourth-order valence-corrected chi connectivity index (χ4v) is 2.14. The molecule has 0 aromatic carbocycles. The van der Waals surface area contributed by atoms with E-state index < -0.39 is 16.7 Å². The summed E-state index contributed by atoms with van der Waals surface area (Å²) in [5.41, 5.74) is -2.21. The van der Waals surface area contributed by atoms with Crippen LogP contribution in [0.25, 0.3) is 0 Å². The normalized spacial score (nSPS) is 23.5. The molecule has 4 nitrogen and oxygen atoms in total. The molecule has 0 heterocycles. The van der Waals surface area contributed by atoms with E-state index in [0.29, 0.717) is 0 Å². The first-order chi connectivity index (χ1) is 8.01. The van der Waals surface area contributed by atoms with Crippen LogP contribution < -0.4 is 0 Å². The van der Waals surface area contributed by atoms with E-state index in [2.05, 4.69) is 0 Å². The van der Waals surface area contributed by atoms with Crippen molar-refractivity contribution in [3.05, 3.63) is 18.1 Å². The standard InChI is InChI=1S/C13H11N4/c1-10(2)5-11-3-4-12(6-14,7-15)13(11,8-16)9-17/h3,5,11H,4H2,1-2H3. The summed E-state index contributed by atoms with van der Waals surface area (Å²) in [6, 6.07) is 7.50. The summed E-state index contributed by atoms with van der Waals surface area (Å²) in [5, 5.41) is 36.8. The minimum absolute atomic E-state index is 0.148. The van der Waals surface area contributed by atoms with E-state index in [4.69, 9.17) is 10.5 Å². The Morgan fingerprint density at radius 3 is 2.00 bits per heavy atom. The van der Waals surface area contributed by atoms with Crippen molar-refractivity contribution in [1.29, 1.82) is 21.0 Å². The molecule has 0 N–H and O–H groups in total. The van der Waals surface area contributed by atoms with E-state index in [1.807, 2.05) is 38.1 Å². The lowest BCUT2D eigenvalue weighted by molar-refractivity contribution is 0.318. The fraction of sp³-hybridized carbons (Fsp3) is 0.462. The van der Waals surface area contributed by atoms with Crippen LogP contribution in [0.2, 0.25) is 0 Å². The Hall–Kier alpha value is -2.30. The molecule has 1 fully saturated rings. The third-order valence-electron chi connectivity index (χ3n) is 3.10. The Morgan fingerprint density at radius 1 is 1.12 bits per heavy atom. The molecule has 1 unspecified atom stereocenters. The summed E-state index contributed by atoms with van der Waals surface area (Å²) < 4.78 is 0. The van der Waals surface area contributed by atoms with Crippen LogP contribution in [0.1, 0.15) is 20.3 Å². The molecule has 0 aromatic heterocycles. The second-order valence-corrected chi connectivity index (χ2v) is 4.37. The summed E-state index contributed by atoms with van der Waals surface area (Å²) in [6.07, 6.45) is 3.63. The summed E-state index contributed by atoms with van der Waals surface area (Å²) in [7, 11) is 0. The quantitative estimate of drug-likeness (QED) is 0.637. The molecular formula is C13H11N4. The van der Waals surface area contributed by atoms with Gasteiger partial charge >= 0.3 is 0 Å². The van der Waals surface area contributed by atoms with Gasteiger partial charge in [-0.2, -0.15) is 21.0 Å². The van der Waals surface area contributed by atoms with Gasteiger partial charge in [-0.1, -0.05) is 11.6 Å². The zero-order chi connectivity index (χ0) is 13.1. The Bertz CT molecular complexity index is 484. The molecule has 0 bridgehead atoms. The van der Waals surface area contributed by atoms with Gasteiger partial charge in [-0.25, -0.2) is 0 Å². The maximum absolute atomic E-state index is 9.27. The topological polar surface area (TPSA) is 95.2 Å². The molecule has 0 saturated heterocycles. The molecule has 1 radical (unpaired) electrons. The van der Waals surface area contributed by atoms with Crippen LogP contribution in [-0.4, -0.2) is 0 Å². The maximum Gasteiger partial charge on any atom is 0.181 e. The van der Waals surface area contributed by atoms with Gasteiger partial charge in [-0.3, -0.25) is 0 Å². The third-order valence-corrected chi connectivity index (χ3v) is 3.10. The van der Waals surface area contributed by atoms with Crippen molar-refractivity contribution in [2.45, 2.75) is 20.3 Å². The van der Waals surface area contributed by atoms with Gasteiger partial charge in [0.25, 0.3) is 0 Å². The van der Waals surface area contributed by atoms with Crippen LogP contribution in [0.15, 0.2) is 11.6 Å². The predicted molar refractivity (Wildman–Crippen MR) is 59.2 cm³/mol. The number of hydrogen-bond acceptors (Lipinski definition) is 4. The first-order valence-electron chi connectivity index (χ1n) is 5.15. The Kier molecular flexibility index (Phi) is 3.22. The summed E-state index contributed by atoms with van der Waals surface area (Å²) in [5.74, 6) is -0.471. The first-order valence-corrected chi connectivity index (χ1v) is 5.15. The van der Waals surface area contributed by atoms with E-state index in [9.17, 15) is 10.5 Å². The van der Waals surface area contributed by atoms with Gasteiger partial charge in [0.2, 0.25) is 0 Å². The van der Waals surface area contributed by atoms with E-state index in [1.54, 1.807) is 12.5 Å². The predicted octanol–water partition coefficient (Wildman–Crippen LogP) is 2.24. The van der Waals surface area contributed by atoms with Crippen LogP contribution >= 0.6 is 0 Å². The van der Waals surface area contributed by atoms with Crippen molar-refractivity contribution in [2.24, 2.45) is 16.7 Å². The Labute approximate surface area is 101 Å². The Morgan fingerprint density at radius 2 is 1.65 bits per heavy atom. The number of nitrogens with zero attached hydrogens (tertiary/aromatic N) is 4. The molecule has 1 saturated carbocycles. The highest BCUT2D eigenvalue weighted by molar-refractivity contribution is 5.43. The van der Waals surface area contributed by atoms with Crippen molar-refractivity contribution in [2.75, 3.05) is 0 Å². The molecule has 0 aromatic rings. The van der Waals surface area contributed by atoms with Gasteiger partial charge in [0.15, 0.2) is 10.8 Å². The van der Waals surface area contributed by atoms with Crippen molar-refractivity contribution < 1.29 is 0 Å². The van der Waals surface area contributed by atoms with E-state index >= 15 is 0 Å². The fourth-order valence-electron chi connectivity index (χ4n) is 2.14. The summed E-state index contributed by atoms with van der Waals surface area (Å²) in [6.45, 7) is 3.71. The zero-order valence-electron chi connectivity index (χ0n) is 9.73. The monoisotopic (exact) mass is 223 g/mol. The largest absolute Gasteiger partial charge is 0.196 e. The Balaban J connectivity index is 3.44. The molecule has 1 aliphatic rings. The summed E-state index contributed by atoms with van der Waals surface area (Å²) in [4.78, 5) is 0. The second-order valence-electron chi connectivity index (χ2n) is 4.37. The third kappa shape index (κ3) is 1.56. The van der Waals surface area contributed by atoms with Crippen molar-refractivity contribution in [3.63, 3.8) is 0 Å². The second kappa shape index (κ2) is 4.29. The van der Waals surface area contributed by atoms with Gasteiger partial charge in [-0.05, 0) is 26.7 Å². The van der Waals surface area contributed by atoms with Crippen LogP contribution in [0.5, 0.6) is 0 Å². The lowest BCUT2D eigenvalue weighted by Crippen LogP contribution is -2.37. The molecule has 1 atom stereocenters. The lowest BCUT2D eigenvalue weighted by atomic mass is 9.65. The van der Waals surface area contributed by atoms with Gasteiger partial charge in [0.1, 0.15) is 0 Å². The van der Waals surface area contributed by atoms with Gasteiger partial charge < -0.3 is 0 Å². The van der Waals surface area contributed by atoms with Crippen molar-refractivity contribution in [3.8, 4) is 24.3 Å². The van der Waals surface area contributed by atoms with E-state index in [0.717, 1.165) is 5.57 Å². The average molecular weight is 223 g/mol. The van der Waals surface area contributed by atoms with Crippen LogP contribution in [-0.2, 0) is 0 Å². The minimum Gasteiger partial charge on any atom is -0.196 e. The SMILES string of the molecule is CC(C)=CC1[CH]CC(C#N)(C#N)C1(C#N)C#N. The van der Waals surface area contributed by atoms with Crippen LogP contribution in [0.3, 0.4) is 0 Å². The average Bonchev–Trinajstić information content (AvgIpc) is 2.63. The maximum atomic E-state index is 9.27.